The summed E-state index contributed by atoms with van der Waals surface area (Å²) in [5.41, 5.74) is -0.0000648. The number of pyridine rings is 1. The van der Waals surface area contributed by atoms with E-state index in [1.807, 2.05) is 0 Å². The Morgan fingerprint density at radius 3 is 2.37 bits per heavy atom. The molecule has 186 valence electrons. The van der Waals surface area contributed by atoms with Crippen LogP contribution in [0.4, 0.5) is 30.2 Å². The number of alkyl halides is 3. The molecule has 0 atom stereocenters. The van der Waals surface area contributed by atoms with Gasteiger partial charge in [0.25, 0.3) is 0 Å². The molecule has 0 saturated carbocycles. The Labute approximate surface area is 210 Å². The van der Waals surface area contributed by atoms with E-state index in [0.29, 0.717) is 27.8 Å². The van der Waals surface area contributed by atoms with E-state index in [0.717, 1.165) is 11.1 Å². The molecular weight excluding hydrogens is 506 g/mol. The van der Waals surface area contributed by atoms with Gasteiger partial charge in [0.15, 0.2) is 0 Å². The third-order valence-corrected chi connectivity index (χ3v) is 5.40. The van der Waals surface area contributed by atoms with Crippen molar-refractivity contribution >= 4 is 46.2 Å². The van der Waals surface area contributed by atoms with Crippen molar-refractivity contribution in [3.05, 3.63) is 70.3 Å². The SMILES string of the molecule is CCCC(=O)ON(CC)c1ccc(Oc2ccc(Nc3ccc(Cl)c(Cl)c3)cn2)cc1C(F)(F)F. The van der Waals surface area contributed by atoms with E-state index in [2.05, 4.69) is 10.3 Å². The maximum Gasteiger partial charge on any atom is 0.418 e. The molecule has 0 aliphatic rings. The normalized spacial score (nSPS) is 11.2. The first-order valence-electron chi connectivity index (χ1n) is 10.7. The summed E-state index contributed by atoms with van der Waals surface area (Å²) in [6, 6.07) is 11.6. The van der Waals surface area contributed by atoms with E-state index in [4.69, 9.17) is 32.8 Å². The molecule has 1 N–H and O–H groups in total. The highest BCUT2D eigenvalue weighted by molar-refractivity contribution is 6.42. The van der Waals surface area contributed by atoms with Crippen LogP contribution in [-0.4, -0.2) is 17.5 Å². The van der Waals surface area contributed by atoms with Crippen molar-refractivity contribution in [2.24, 2.45) is 0 Å². The molecule has 11 heteroatoms. The second-order valence-corrected chi connectivity index (χ2v) is 8.14. The van der Waals surface area contributed by atoms with E-state index in [1.54, 1.807) is 38.1 Å². The van der Waals surface area contributed by atoms with Gasteiger partial charge in [0.05, 0.1) is 39.7 Å². The highest BCUT2D eigenvalue weighted by Gasteiger charge is 2.36. The molecule has 0 amide bonds. The van der Waals surface area contributed by atoms with Gasteiger partial charge >= 0.3 is 12.1 Å². The minimum atomic E-state index is -4.71. The number of hydroxylamine groups is 1. The number of hydrogen-bond acceptors (Lipinski definition) is 6. The number of carbonyl (C=O) groups excluding carboxylic acids is 1. The molecule has 0 saturated heterocycles. The summed E-state index contributed by atoms with van der Waals surface area (Å²) in [7, 11) is 0. The van der Waals surface area contributed by atoms with Crippen molar-refractivity contribution in [3.8, 4) is 11.6 Å². The molecule has 0 aliphatic heterocycles. The number of aromatic nitrogens is 1. The molecule has 0 aliphatic carbocycles. The third-order valence-electron chi connectivity index (χ3n) is 4.66. The summed E-state index contributed by atoms with van der Waals surface area (Å²) in [6.07, 6.45) is -2.63. The van der Waals surface area contributed by atoms with Crippen molar-refractivity contribution in [2.75, 3.05) is 16.9 Å². The zero-order valence-electron chi connectivity index (χ0n) is 18.8. The van der Waals surface area contributed by atoms with Crippen LogP contribution in [0, 0.1) is 0 Å². The number of ether oxygens (including phenoxy) is 1. The Bertz CT molecular complexity index is 1170. The lowest BCUT2D eigenvalue weighted by Crippen LogP contribution is -2.29. The van der Waals surface area contributed by atoms with Crippen molar-refractivity contribution < 1.29 is 27.5 Å². The average molecular weight is 528 g/mol. The molecular formula is C24H22Cl2F3N3O3. The van der Waals surface area contributed by atoms with Gasteiger partial charge < -0.3 is 14.9 Å². The lowest BCUT2D eigenvalue weighted by Gasteiger charge is -2.25. The second kappa shape index (κ2) is 11.5. The van der Waals surface area contributed by atoms with Gasteiger partial charge in [-0.1, -0.05) is 30.1 Å². The minimum absolute atomic E-state index is 0.0353. The maximum absolute atomic E-state index is 13.8. The molecule has 0 radical (unpaired) electrons. The van der Waals surface area contributed by atoms with Gasteiger partial charge in [0.1, 0.15) is 5.75 Å². The van der Waals surface area contributed by atoms with Crippen molar-refractivity contribution in [2.45, 2.75) is 32.9 Å². The number of halogens is 5. The fraction of sp³-hybridized carbons (Fsp3) is 0.250. The van der Waals surface area contributed by atoms with Crippen molar-refractivity contribution in [1.82, 2.24) is 4.98 Å². The van der Waals surface area contributed by atoms with Gasteiger partial charge in [-0.05, 0) is 55.8 Å². The summed E-state index contributed by atoms with van der Waals surface area (Å²) in [6.45, 7) is 3.39. The predicted molar refractivity (Wildman–Crippen MR) is 130 cm³/mol. The first-order valence-corrected chi connectivity index (χ1v) is 11.4. The lowest BCUT2D eigenvalue weighted by atomic mass is 10.1. The molecule has 3 aromatic rings. The Balaban J connectivity index is 1.78. The van der Waals surface area contributed by atoms with Crippen LogP contribution in [0.1, 0.15) is 32.3 Å². The summed E-state index contributed by atoms with van der Waals surface area (Å²) in [5.74, 6) is -0.594. The van der Waals surface area contributed by atoms with E-state index >= 15 is 0 Å². The average Bonchev–Trinajstić information content (AvgIpc) is 2.81. The van der Waals surface area contributed by atoms with Crippen LogP contribution in [0.25, 0.3) is 0 Å². The maximum atomic E-state index is 13.8. The van der Waals surface area contributed by atoms with Gasteiger partial charge in [0, 0.05) is 18.2 Å². The van der Waals surface area contributed by atoms with Crippen molar-refractivity contribution in [3.63, 3.8) is 0 Å². The molecule has 2 aromatic carbocycles. The summed E-state index contributed by atoms with van der Waals surface area (Å²) in [5, 5.41) is 4.81. The van der Waals surface area contributed by atoms with E-state index in [1.165, 1.54) is 24.4 Å². The fourth-order valence-electron chi connectivity index (χ4n) is 3.06. The summed E-state index contributed by atoms with van der Waals surface area (Å²) in [4.78, 5) is 21.1. The molecule has 0 spiro atoms. The van der Waals surface area contributed by atoms with Crippen LogP contribution in [0.2, 0.25) is 10.0 Å². The lowest BCUT2D eigenvalue weighted by molar-refractivity contribution is -0.147. The molecule has 0 bridgehead atoms. The Hall–Kier alpha value is -3.17. The van der Waals surface area contributed by atoms with Crippen LogP contribution in [0.3, 0.4) is 0 Å². The smallest absolute Gasteiger partial charge is 0.418 e. The number of carbonyl (C=O) groups is 1. The first kappa shape index (κ1) is 26.4. The topological polar surface area (TPSA) is 63.7 Å². The van der Waals surface area contributed by atoms with Crippen LogP contribution in [-0.2, 0) is 15.8 Å². The van der Waals surface area contributed by atoms with Crippen LogP contribution in [0.15, 0.2) is 54.7 Å². The zero-order chi connectivity index (χ0) is 25.6. The third kappa shape index (κ3) is 7.16. The van der Waals surface area contributed by atoms with Gasteiger partial charge in [-0.3, -0.25) is 0 Å². The van der Waals surface area contributed by atoms with Crippen LogP contribution in [0.5, 0.6) is 11.6 Å². The summed E-state index contributed by atoms with van der Waals surface area (Å²) < 4.78 is 46.9. The number of hydrogen-bond donors (Lipinski definition) is 1. The van der Waals surface area contributed by atoms with Crippen LogP contribution < -0.4 is 15.1 Å². The molecule has 1 aromatic heterocycles. The molecule has 35 heavy (non-hydrogen) atoms. The zero-order valence-corrected chi connectivity index (χ0v) is 20.3. The van der Waals surface area contributed by atoms with E-state index in [-0.39, 0.29) is 30.3 Å². The predicted octanol–water partition coefficient (Wildman–Crippen LogP) is 8.03. The molecule has 6 nitrogen and oxygen atoms in total. The monoisotopic (exact) mass is 527 g/mol. The van der Waals surface area contributed by atoms with Gasteiger partial charge in [-0.25, -0.2) is 14.8 Å². The minimum Gasteiger partial charge on any atom is -0.439 e. The standard InChI is InChI=1S/C24H22Cl2F3N3O3/c1-3-5-23(33)35-32(4-2)21-10-8-17(13-18(21)24(27,28)29)34-22-11-7-16(14-30-22)31-15-6-9-19(25)20(26)12-15/h6-14,31H,3-5H2,1-2H3. The van der Waals surface area contributed by atoms with Crippen molar-refractivity contribution in [1.29, 1.82) is 0 Å². The first-order chi connectivity index (χ1) is 16.6. The number of nitrogens with zero attached hydrogens (tertiary/aromatic N) is 2. The highest BCUT2D eigenvalue weighted by atomic mass is 35.5. The number of benzene rings is 2. The molecule has 0 fully saturated rings. The molecule has 3 rings (SSSR count). The van der Waals surface area contributed by atoms with E-state index in [9.17, 15) is 18.0 Å². The fourth-order valence-corrected chi connectivity index (χ4v) is 3.35. The number of anilines is 3. The largest absolute Gasteiger partial charge is 0.439 e. The Morgan fingerprint density at radius 1 is 1.03 bits per heavy atom. The number of rotatable bonds is 9. The highest BCUT2D eigenvalue weighted by Crippen LogP contribution is 2.40. The Morgan fingerprint density at radius 2 is 1.77 bits per heavy atom. The van der Waals surface area contributed by atoms with Gasteiger partial charge in [-0.15, -0.1) is 0 Å². The quantitative estimate of drug-likeness (QED) is 0.284. The van der Waals surface area contributed by atoms with Crippen LogP contribution >= 0.6 is 23.2 Å². The molecule has 0 unspecified atom stereocenters. The number of nitrogens with one attached hydrogen (secondary N) is 1. The summed E-state index contributed by atoms with van der Waals surface area (Å²) >= 11 is 11.9. The second-order valence-electron chi connectivity index (χ2n) is 7.33. The van der Waals surface area contributed by atoms with Gasteiger partial charge in [-0.2, -0.15) is 13.2 Å². The van der Waals surface area contributed by atoms with Gasteiger partial charge in [0.2, 0.25) is 5.88 Å². The van der Waals surface area contributed by atoms with E-state index < -0.39 is 17.7 Å². The molecule has 1 heterocycles. The Kier molecular flexibility index (Phi) is 8.69.